The molecule has 0 saturated carbocycles. The van der Waals surface area contributed by atoms with Crippen LogP contribution in [0.2, 0.25) is 0 Å². The van der Waals surface area contributed by atoms with Gasteiger partial charge < -0.3 is 64.2 Å². The summed E-state index contributed by atoms with van der Waals surface area (Å²) in [5.74, 6) is -0.435. The minimum absolute atomic E-state index is 0.00527. The number of hydrogen-bond donors (Lipinski definition) is 7. The molecule has 14 nitrogen and oxygen atoms in total. The lowest BCUT2D eigenvalue weighted by Crippen LogP contribution is -2.61. The zero-order valence-electron chi connectivity index (χ0n) is 47.5. The number of unbranched alkanes of at least 4 members (excludes halogenated alkanes) is 4. The van der Waals surface area contributed by atoms with Gasteiger partial charge >= 0.3 is 5.97 Å². The largest absolute Gasteiger partial charge is 0.457 e. The monoisotopic (exact) mass is 1100 g/mol. The van der Waals surface area contributed by atoms with Gasteiger partial charge in [0.2, 0.25) is 0 Å². The van der Waals surface area contributed by atoms with Crippen molar-refractivity contribution in [2.45, 2.75) is 210 Å². The lowest BCUT2D eigenvalue weighted by atomic mass is 9.98. The first-order chi connectivity index (χ1) is 38.6. The second-order valence-corrected chi connectivity index (χ2v) is 19.3. The second kappa shape index (κ2) is 49.4. The van der Waals surface area contributed by atoms with Crippen LogP contribution in [0.3, 0.4) is 0 Å². The first-order valence-electron chi connectivity index (χ1n) is 29.1. The Hall–Kier alpha value is -4.39. The van der Waals surface area contributed by atoms with Gasteiger partial charge in [0.1, 0.15) is 54.9 Å². The van der Waals surface area contributed by atoms with E-state index in [2.05, 4.69) is 172 Å². The van der Waals surface area contributed by atoms with Crippen molar-refractivity contribution in [2.24, 2.45) is 0 Å². The minimum atomic E-state index is -1.74. The van der Waals surface area contributed by atoms with Crippen molar-refractivity contribution in [3.8, 4) is 0 Å². The van der Waals surface area contributed by atoms with E-state index in [1.165, 1.54) is 0 Å². The van der Waals surface area contributed by atoms with Gasteiger partial charge in [-0.15, -0.1) is 0 Å². The summed E-state index contributed by atoms with van der Waals surface area (Å²) in [5.41, 5.74) is 0. The molecule has 0 aromatic heterocycles. The third-order valence-corrected chi connectivity index (χ3v) is 12.5. The van der Waals surface area contributed by atoms with Crippen LogP contribution in [0.1, 0.15) is 142 Å². The van der Waals surface area contributed by atoms with Crippen molar-refractivity contribution in [3.05, 3.63) is 158 Å². The number of esters is 1. The zero-order valence-corrected chi connectivity index (χ0v) is 47.5. The van der Waals surface area contributed by atoms with Crippen LogP contribution in [-0.4, -0.2) is 142 Å². The normalized spacial score (nSPS) is 25.2. The predicted molar refractivity (Wildman–Crippen MR) is 316 cm³/mol. The van der Waals surface area contributed by atoms with Crippen LogP contribution in [0.25, 0.3) is 0 Å². The fourth-order valence-electron chi connectivity index (χ4n) is 7.93. The maximum atomic E-state index is 13.1. The summed E-state index contributed by atoms with van der Waals surface area (Å²) in [4.78, 5) is 13.1. The number of allylic oxidation sites excluding steroid dienone is 26. The Morgan fingerprint density at radius 2 is 0.785 bits per heavy atom. The second-order valence-electron chi connectivity index (χ2n) is 19.3. The van der Waals surface area contributed by atoms with E-state index in [0.29, 0.717) is 13.0 Å². The van der Waals surface area contributed by atoms with Gasteiger partial charge in [-0.05, 0) is 116 Å². The van der Waals surface area contributed by atoms with Crippen LogP contribution >= 0.6 is 0 Å². The van der Waals surface area contributed by atoms with E-state index in [9.17, 15) is 40.5 Å². The van der Waals surface area contributed by atoms with Crippen LogP contribution in [0, 0.1) is 0 Å². The fraction of sp³-hybridized carbons (Fsp3) is 0.585. The minimum Gasteiger partial charge on any atom is -0.457 e. The van der Waals surface area contributed by atoms with Gasteiger partial charge in [-0.3, -0.25) is 4.79 Å². The summed E-state index contributed by atoms with van der Waals surface area (Å²) in [6.07, 6.45) is 57.4. The van der Waals surface area contributed by atoms with Gasteiger partial charge in [0.25, 0.3) is 0 Å². The quantitative estimate of drug-likeness (QED) is 0.0172. The molecule has 2 aliphatic heterocycles. The molecule has 11 unspecified atom stereocenters. The Kier molecular flexibility index (Phi) is 44.2. The van der Waals surface area contributed by atoms with Crippen molar-refractivity contribution in [1.82, 2.24) is 0 Å². The first kappa shape index (κ1) is 70.7. The van der Waals surface area contributed by atoms with Gasteiger partial charge in [-0.2, -0.15) is 0 Å². The molecule has 0 aliphatic carbocycles. The Morgan fingerprint density at radius 1 is 0.418 bits per heavy atom. The van der Waals surface area contributed by atoms with Crippen LogP contribution in [0.4, 0.5) is 0 Å². The van der Waals surface area contributed by atoms with Gasteiger partial charge in [-0.1, -0.05) is 178 Å². The number of carbonyl (C=O) groups excluding carboxylic acids is 1. The Labute approximate surface area is 474 Å². The van der Waals surface area contributed by atoms with E-state index in [-0.39, 0.29) is 19.6 Å². The molecule has 0 spiro atoms. The molecule has 0 aromatic carbocycles. The molecule has 0 bridgehead atoms. The van der Waals surface area contributed by atoms with Crippen LogP contribution < -0.4 is 0 Å². The molecule has 11 atom stereocenters. The Balaban J connectivity index is 1.78. The van der Waals surface area contributed by atoms with Gasteiger partial charge in [0, 0.05) is 13.0 Å². The molecule has 0 aromatic rings. The topological polar surface area (TPSA) is 214 Å². The molecule has 2 aliphatic rings. The number of aliphatic hydroxyl groups is 7. The lowest BCUT2D eigenvalue weighted by Gasteiger charge is -2.42. The maximum Gasteiger partial charge on any atom is 0.306 e. The smallest absolute Gasteiger partial charge is 0.306 e. The summed E-state index contributed by atoms with van der Waals surface area (Å²) >= 11 is 0. The van der Waals surface area contributed by atoms with Crippen molar-refractivity contribution in [3.63, 3.8) is 0 Å². The van der Waals surface area contributed by atoms with E-state index in [0.717, 1.165) is 116 Å². The predicted octanol–water partition coefficient (Wildman–Crippen LogP) is 10.6. The van der Waals surface area contributed by atoms with Crippen molar-refractivity contribution in [1.29, 1.82) is 0 Å². The molecule has 2 saturated heterocycles. The highest BCUT2D eigenvalue weighted by molar-refractivity contribution is 5.69. The third kappa shape index (κ3) is 35.9. The van der Waals surface area contributed by atoms with Crippen molar-refractivity contribution < 1.29 is 69.0 Å². The highest BCUT2D eigenvalue weighted by atomic mass is 16.7. The third-order valence-electron chi connectivity index (χ3n) is 12.5. The van der Waals surface area contributed by atoms with Crippen molar-refractivity contribution >= 4 is 5.97 Å². The molecule has 2 rings (SSSR count). The molecule has 14 heteroatoms. The average molecular weight is 1110 g/mol. The SMILES string of the molecule is CC/C=C\C/C=C\C/C=C\C/C=C\C/C=C\C/C=C\C/C=C\CCCCCC(=O)OC(COCCC/C=C\C/C=C\C/C=C\C/C=C\C/C=C\C/C=C\CC)COC1OC(COC2OC(CO)C(O)C(O)C2O)C(O)C(O)C1O. The summed E-state index contributed by atoms with van der Waals surface area (Å²) in [7, 11) is 0. The van der Waals surface area contributed by atoms with Crippen LogP contribution in [0.15, 0.2) is 158 Å². The number of hydrogen-bond acceptors (Lipinski definition) is 14. The molecule has 0 radical (unpaired) electrons. The lowest BCUT2D eigenvalue weighted by molar-refractivity contribution is -0.332. The van der Waals surface area contributed by atoms with Crippen LogP contribution in [-0.2, 0) is 33.2 Å². The summed E-state index contributed by atoms with van der Waals surface area (Å²) in [6, 6.07) is 0. The molecule has 2 fully saturated rings. The molecular weight excluding hydrogens is 1000 g/mol. The molecule has 79 heavy (non-hydrogen) atoms. The molecule has 444 valence electrons. The Morgan fingerprint density at radius 3 is 1.20 bits per heavy atom. The fourth-order valence-corrected chi connectivity index (χ4v) is 7.93. The molecule has 2 heterocycles. The number of carbonyl (C=O) groups is 1. The van der Waals surface area contributed by atoms with E-state index in [1.54, 1.807) is 0 Å². The highest BCUT2D eigenvalue weighted by Crippen LogP contribution is 2.26. The standard InChI is InChI=1S/C65H100O14/c1-3-5-7-9-11-13-15-17-19-21-23-25-26-27-28-29-30-32-34-36-38-40-42-44-46-48-57(67)77-54(51-74-49-47-45-43-41-39-37-35-33-31-24-22-20-18-16-14-12-10-8-6-4-2)52-75-64-63(73)61(71)59(69)56(79-64)53-76-65-62(72)60(70)58(68)55(50-66)78-65/h5-8,11-14,17-20,23-25,27-28,30-32,35-38,41,43,54-56,58-66,68-73H,3-4,9-10,15-16,21-22,26,29,33-34,39-40,42,44-53H2,1-2H3/b7-5-,8-6-,13-11-,14-12-,19-17-,20-18-,25-23-,28-27-,31-24-,32-30-,37-35-,38-36-,43-41-. The molecule has 7 N–H and O–H groups in total. The van der Waals surface area contributed by atoms with E-state index >= 15 is 0 Å². The van der Waals surface area contributed by atoms with Gasteiger partial charge in [-0.25, -0.2) is 0 Å². The number of aliphatic hydroxyl groups excluding tert-OH is 7. The molecular formula is C65H100O14. The highest BCUT2D eigenvalue weighted by Gasteiger charge is 2.47. The van der Waals surface area contributed by atoms with Gasteiger partial charge in [0.15, 0.2) is 12.6 Å². The van der Waals surface area contributed by atoms with E-state index in [1.807, 2.05) is 0 Å². The van der Waals surface area contributed by atoms with Gasteiger partial charge in [0.05, 0.1) is 26.4 Å². The summed E-state index contributed by atoms with van der Waals surface area (Å²) in [6.45, 7) is 3.21. The van der Waals surface area contributed by atoms with E-state index < -0.39 is 86.7 Å². The van der Waals surface area contributed by atoms with Crippen molar-refractivity contribution in [2.75, 3.05) is 33.0 Å². The number of rotatable bonds is 44. The maximum absolute atomic E-state index is 13.1. The summed E-state index contributed by atoms with van der Waals surface area (Å²) < 4.78 is 34.2. The van der Waals surface area contributed by atoms with E-state index in [4.69, 9.17) is 28.4 Å². The first-order valence-corrected chi connectivity index (χ1v) is 29.1. The molecule has 0 amide bonds. The summed E-state index contributed by atoms with van der Waals surface area (Å²) in [5, 5.41) is 72.4. The number of ether oxygens (including phenoxy) is 6. The zero-order chi connectivity index (χ0) is 57.2. The average Bonchev–Trinajstić information content (AvgIpc) is 3.46. The Bertz CT molecular complexity index is 1910. The van der Waals surface area contributed by atoms with Crippen LogP contribution in [0.5, 0.6) is 0 Å².